The van der Waals surface area contributed by atoms with Crippen molar-refractivity contribution in [2.75, 3.05) is 4.90 Å². The summed E-state index contributed by atoms with van der Waals surface area (Å²) in [7, 11) is 0. The van der Waals surface area contributed by atoms with Crippen molar-refractivity contribution in [3.63, 3.8) is 0 Å². The number of hydrogen-bond acceptors (Lipinski definition) is 4. The average Bonchev–Trinajstić information content (AvgIpc) is 2.39. The van der Waals surface area contributed by atoms with Gasteiger partial charge in [-0.3, -0.25) is 9.69 Å². The number of nitrogens with zero attached hydrogens (tertiary/aromatic N) is 1. The molecule has 0 atom stereocenters. The molecule has 1 amide bonds. The smallest absolute Gasteiger partial charge is 1.00 e. The van der Waals surface area contributed by atoms with Crippen LogP contribution < -0.4 is 39.2 Å². The van der Waals surface area contributed by atoms with E-state index in [9.17, 15) is 9.59 Å². The van der Waals surface area contributed by atoms with Crippen LogP contribution in [0.2, 0.25) is 5.02 Å². The maximum absolute atomic E-state index is 12.6. The summed E-state index contributed by atoms with van der Waals surface area (Å²) in [6.07, 6.45) is -0.325. The average molecular weight is 366 g/mol. The second-order valence-electron chi connectivity index (χ2n) is 6.36. The predicted octanol–water partition coefficient (Wildman–Crippen LogP) is 1.92. The van der Waals surface area contributed by atoms with Gasteiger partial charge in [-0.2, -0.15) is 0 Å². The first-order valence-electron chi connectivity index (χ1n) is 7.58. The van der Waals surface area contributed by atoms with Gasteiger partial charge in [-0.15, -0.1) is 0 Å². The van der Waals surface area contributed by atoms with Crippen LogP contribution in [0.4, 0.5) is 10.5 Å². The first-order valence-corrected chi connectivity index (χ1v) is 7.96. The summed E-state index contributed by atoms with van der Waals surface area (Å²) in [5.74, 6) is -0.162. The molecule has 1 aromatic rings. The van der Waals surface area contributed by atoms with E-state index < -0.39 is 17.7 Å². The molecule has 0 aliphatic rings. The zero-order valence-corrected chi connectivity index (χ0v) is 18.2. The van der Waals surface area contributed by atoms with Crippen molar-refractivity contribution >= 4 is 29.4 Å². The number of rotatable bonds is 4. The van der Waals surface area contributed by atoms with E-state index in [2.05, 4.69) is 0 Å². The summed E-state index contributed by atoms with van der Waals surface area (Å²) in [5, 5.41) is 0.311. The van der Waals surface area contributed by atoms with Crippen LogP contribution in [0, 0.1) is 0 Å². The Bertz CT molecular complexity index is 591. The quantitative estimate of drug-likeness (QED) is 0.465. The molecule has 0 saturated heterocycles. The summed E-state index contributed by atoms with van der Waals surface area (Å²) in [4.78, 5) is 25.6. The molecule has 0 fully saturated rings. The summed E-state index contributed by atoms with van der Waals surface area (Å²) < 4.78 is 10.8. The van der Waals surface area contributed by atoms with Crippen molar-refractivity contribution in [1.82, 2.24) is 0 Å². The van der Waals surface area contributed by atoms with Gasteiger partial charge in [0.15, 0.2) is 5.75 Å². The molecule has 0 unspecified atom stereocenters. The first-order chi connectivity index (χ1) is 10.6. The third-order valence-electron chi connectivity index (χ3n) is 2.81. The van der Waals surface area contributed by atoms with Gasteiger partial charge in [0.25, 0.3) is 0 Å². The molecule has 0 aliphatic carbocycles. The Hall–Kier alpha value is -0.750. The van der Waals surface area contributed by atoms with Crippen LogP contribution in [0.25, 0.3) is 0 Å². The molecule has 1 rings (SSSR count). The molecule has 0 radical (unpaired) electrons. The monoisotopic (exact) mass is 365 g/mol. The molecule has 0 bridgehead atoms. The maximum atomic E-state index is 12.6. The number of benzene rings is 1. The van der Waals surface area contributed by atoms with E-state index in [0.717, 1.165) is 0 Å². The van der Waals surface area contributed by atoms with Gasteiger partial charge in [0, 0.05) is 12.5 Å². The molecule has 0 N–H and O–H groups in total. The molecule has 0 heterocycles. The topological polar surface area (TPSA) is 55.8 Å². The Morgan fingerprint density at radius 1 is 1.29 bits per heavy atom. The SMILES string of the molecule is CCC(=O)Oc1cccc(Cl)c1N(C(=O)OC(C)(C)C)C(C)C.[H-].[Na+]. The third-order valence-corrected chi connectivity index (χ3v) is 3.11. The normalized spacial score (nSPS) is 10.8. The van der Waals surface area contributed by atoms with Crippen LogP contribution in [0.15, 0.2) is 18.2 Å². The van der Waals surface area contributed by atoms with Crippen LogP contribution in [0.3, 0.4) is 0 Å². The molecule has 1 aromatic carbocycles. The molecule has 7 heteroatoms. The van der Waals surface area contributed by atoms with E-state index in [1.54, 1.807) is 45.9 Å². The standard InChI is InChI=1S/C17H24ClNO4.Na.H/c1-7-14(20)22-13-10-8-9-12(18)15(13)19(11(2)3)16(21)23-17(4,5)6;;/h8-11H,7H2,1-6H3;;/q;+1;-1. The van der Waals surface area contributed by atoms with Gasteiger partial charge in [-0.05, 0) is 46.8 Å². The third kappa shape index (κ3) is 6.63. The number of anilines is 1. The van der Waals surface area contributed by atoms with Crippen molar-refractivity contribution in [2.45, 2.75) is 59.6 Å². The number of carbonyl (C=O) groups is 2. The van der Waals surface area contributed by atoms with E-state index >= 15 is 0 Å². The van der Waals surface area contributed by atoms with Gasteiger partial charge in [-0.25, -0.2) is 4.79 Å². The number of ether oxygens (including phenoxy) is 2. The zero-order valence-electron chi connectivity index (χ0n) is 16.5. The van der Waals surface area contributed by atoms with Crippen LogP contribution in [-0.2, 0) is 9.53 Å². The number of amides is 1. The van der Waals surface area contributed by atoms with Gasteiger partial charge < -0.3 is 10.9 Å². The van der Waals surface area contributed by atoms with E-state index in [0.29, 0.717) is 10.7 Å². The van der Waals surface area contributed by atoms with Gasteiger partial charge >= 0.3 is 41.6 Å². The molecule has 24 heavy (non-hydrogen) atoms. The van der Waals surface area contributed by atoms with Gasteiger partial charge in [-0.1, -0.05) is 24.6 Å². The largest absolute Gasteiger partial charge is 1.00 e. The molecule has 0 saturated carbocycles. The molecule has 0 aromatic heterocycles. The fourth-order valence-corrected chi connectivity index (χ4v) is 2.13. The summed E-state index contributed by atoms with van der Waals surface area (Å²) >= 11 is 6.27. The van der Waals surface area contributed by atoms with Crippen molar-refractivity contribution in [2.24, 2.45) is 0 Å². The van der Waals surface area contributed by atoms with Crippen molar-refractivity contribution in [3.05, 3.63) is 23.2 Å². The Morgan fingerprint density at radius 2 is 1.88 bits per heavy atom. The Kier molecular flexibility index (Phi) is 9.36. The molecule has 5 nitrogen and oxygen atoms in total. The molecular formula is C17H25ClNNaO4. The second kappa shape index (κ2) is 9.66. The fraction of sp³-hybridized carbons (Fsp3) is 0.529. The summed E-state index contributed by atoms with van der Waals surface area (Å²) in [5.41, 5.74) is -0.314. The molecule has 0 spiro atoms. The van der Waals surface area contributed by atoms with Crippen molar-refractivity contribution < 1.29 is 50.0 Å². The minimum Gasteiger partial charge on any atom is -1.00 e. The summed E-state index contributed by atoms with van der Waals surface area (Å²) in [6, 6.07) is 4.68. The fourth-order valence-electron chi connectivity index (χ4n) is 1.88. The Labute approximate surface area is 172 Å². The number of esters is 1. The number of halogens is 1. The van der Waals surface area contributed by atoms with Crippen LogP contribution in [0.1, 0.15) is 49.4 Å². The predicted molar refractivity (Wildman–Crippen MR) is 92.3 cm³/mol. The second-order valence-corrected chi connectivity index (χ2v) is 6.77. The van der Waals surface area contributed by atoms with E-state index in [1.165, 1.54) is 4.90 Å². The number of hydrogen-bond donors (Lipinski definition) is 0. The van der Waals surface area contributed by atoms with Gasteiger partial charge in [0.05, 0.1) is 5.02 Å². The van der Waals surface area contributed by atoms with E-state index in [-0.39, 0.29) is 49.2 Å². The summed E-state index contributed by atoms with van der Waals surface area (Å²) in [6.45, 7) is 10.7. The van der Waals surface area contributed by atoms with Gasteiger partial charge in [0.1, 0.15) is 11.3 Å². The molecule has 130 valence electrons. The Morgan fingerprint density at radius 3 is 2.33 bits per heavy atom. The van der Waals surface area contributed by atoms with E-state index in [1.807, 2.05) is 13.8 Å². The molecular weight excluding hydrogens is 341 g/mol. The van der Waals surface area contributed by atoms with E-state index in [4.69, 9.17) is 21.1 Å². The number of para-hydroxylation sites is 1. The van der Waals surface area contributed by atoms with Crippen molar-refractivity contribution in [3.8, 4) is 5.75 Å². The maximum Gasteiger partial charge on any atom is 1.00 e. The van der Waals surface area contributed by atoms with Crippen molar-refractivity contribution in [1.29, 1.82) is 0 Å². The van der Waals surface area contributed by atoms with Crippen LogP contribution in [0.5, 0.6) is 5.75 Å². The Balaban J connectivity index is 0. The van der Waals surface area contributed by atoms with Crippen LogP contribution >= 0.6 is 11.6 Å². The molecule has 0 aliphatic heterocycles. The zero-order chi connectivity index (χ0) is 17.8. The van der Waals surface area contributed by atoms with Crippen LogP contribution in [-0.4, -0.2) is 23.7 Å². The number of carbonyl (C=O) groups excluding carboxylic acids is 2. The van der Waals surface area contributed by atoms with Gasteiger partial charge in [0.2, 0.25) is 0 Å². The minimum absolute atomic E-state index is 0. The first kappa shape index (κ1) is 23.2. The minimum atomic E-state index is -0.647.